The third-order valence-electron chi connectivity index (χ3n) is 3.43. The van der Waals surface area contributed by atoms with Crippen LogP contribution in [-0.4, -0.2) is 28.3 Å². The van der Waals surface area contributed by atoms with E-state index in [2.05, 4.69) is 15.5 Å². The molecule has 1 aliphatic heterocycles. The molecule has 1 aliphatic rings. The van der Waals surface area contributed by atoms with Crippen molar-refractivity contribution in [1.82, 2.24) is 15.5 Å². The maximum atomic E-state index is 9.45. The first kappa shape index (κ1) is 12.2. The van der Waals surface area contributed by atoms with Crippen LogP contribution in [0.4, 0.5) is 0 Å². The molecule has 100 valence electrons. The van der Waals surface area contributed by atoms with Crippen LogP contribution >= 0.6 is 0 Å². The zero-order valence-corrected chi connectivity index (χ0v) is 10.7. The summed E-state index contributed by atoms with van der Waals surface area (Å²) in [7, 11) is 0. The molecule has 2 heterocycles. The first-order valence-electron chi connectivity index (χ1n) is 6.64. The highest BCUT2D eigenvalue weighted by Gasteiger charge is 2.17. The Morgan fingerprint density at radius 2 is 2.37 bits per heavy atom. The molecule has 1 aromatic carbocycles. The van der Waals surface area contributed by atoms with E-state index in [4.69, 9.17) is 4.52 Å². The van der Waals surface area contributed by atoms with Gasteiger partial charge >= 0.3 is 0 Å². The average molecular weight is 259 g/mol. The minimum atomic E-state index is 0.209. The molecule has 0 aliphatic carbocycles. The Morgan fingerprint density at radius 3 is 3.16 bits per heavy atom. The van der Waals surface area contributed by atoms with Gasteiger partial charge in [0.2, 0.25) is 11.7 Å². The summed E-state index contributed by atoms with van der Waals surface area (Å²) in [5, 5.41) is 16.8. The van der Waals surface area contributed by atoms with Crippen molar-refractivity contribution in [3.63, 3.8) is 0 Å². The molecule has 2 aromatic rings. The van der Waals surface area contributed by atoms with Gasteiger partial charge in [0, 0.05) is 12.0 Å². The quantitative estimate of drug-likeness (QED) is 0.882. The number of rotatable bonds is 3. The third-order valence-corrected chi connectivity index (χ3v) is 3.43. The first-order valence-corrected chi connectivity index (χ1v) is 6.64. The first-order chi connectivity index (χ1) is 9.31. The Bertz CT molecular complexity index is 547. The van der Waals surface area contributed by atoms with Gasteiger partial charge in [-0.15, -0.1) is 0 Å². The third kappa shape index (κ3) is 2.93. The molecule has 1 aromatic heterocycles. The van der Waals surface area contributed by atoms with Crippen molar-refractivity contribution in [2.24, 2.45) is 5.92 Å². The summed E-state index contributed by atoms with van der Waals surface area (Å²) in [4.78, 5) is 4.40. The molecule has 2 N–H and O–H groups in total. The number of phenols is 1. The smallest absolute Gasteiger partial charge is 0.227 e. The highest BCUT2D eigenvalue weighted by atomic mass is 16.5. The van der Waals surface area contributed by atoms with Gasteiger partial charge < -0.3 is 14.9 Å². The van der Waals surface area contributed by atoms with Gasteiger partial charge in [-0.25, -0.2) is 0 Å². The van der Waals surface area contributed by atoms with E-state index in [0.29, 0.717) is 17.6 Å². The second-order valence-electron chi connectivity index (χ2n) is 4.98. The Labute approximate surface area is 111 Å². The van der Waals surface area contributed by atoms with Crippen LogP contribution in [0.25, 0.3) is 11.4 Å². The second-order valence-corrected chi connectivity index (χ2v) is 4.98. The number of benzene rings is 1. The molecular weight excluding hydrogens is 242 g/mol. The summed E-state index contributed by atoms with van der Waals surface area (Å²) in [6.07, 6.45) is 3.23. The Hall–Kier alpha value is -1.88. The van der Waals surface area contributed by atoms with E-state index in [0.717, 1.165) is 25.1 Å². The maximum Gasteiger partial charge on any atom is 0.227 e. The number of nitrogens with one attached hydrogen (secondary N) is 1. The second kappa shape index (κ2) is 5.40. The molecule has 5 heteroatoms. The molecule has 1 saturated heterocycles. The molecule has 3 rings (SSSR count). The predicted octanol–water partition coefficient (Wildman–Crippen LogP) is 1.98. The highest BCUT2D eigenvalue weighted by Crippen LogP contribution is 2.22. The summed E-state index contributed by atoms with van der Waals surface area (Å²) >= 11 is 0. The summed E-state index contributed by atoms with van der Waals surface area (Å²) in [5.74, 6) is 1.99. The molecule has 0 radical (unpaired) electrons. The zero-order chi connectivity index (χ0) is 13.1. The molecule has 1 unspecified atom stereocenters. The van der Waals surface area contributed by atoms with Gasteiger partial charge in [0.25, 0.3) is 0 Å². The molecule has 5 nitrogen and oxygen atoms in total. The van der Waals surface area contributed by atoms with Crippen molar-refractivity contribution < 1.29 is 9.63 Å². The van der Waals surface area contributed by atoms with E-state index >= 15 is 0 Å². The van der Waals surface area contributed by atoms with Crippen LogP contribution in [-0.2, 0) is 6.42 Å². The average Bonchev–Trinajstić information content (AvgIpc) is 2.88. The SMILES string of the molecule is Oc1cccc(-c2noc(CC3CCCNC3)n2)c1. The maximum absolute atomic E-state index is 9.45. The number of phenolic OH excluding ortho intramolecular Hbond substituents is 1. The number of hydrogen-bond acceptors (Lipinski definition) is 5. The highest BCUT2D eigenvalue weighted by molar-refractivity contribution is 5.56. The van der Waals surface area contributed by atoms with Crippen molar-refractivity contribution in [3.8, 4) is 17.1 Å². The molecule has 0 bridgehead atoms. The van der Waals surface area contributed by atoms with Crippen molar-refractivity contribution in [2.45, 2.75) is 19.3 Å². The predicted molar refractivity (Wildman–Crippen MR) is 70.7 cm³/mol. The van der Waals surface area contributed by atoms with E-state index in [1.165, 1.54) is 12.8 Å². The van der Waals surface area contributed by atoms with Crippen LogP contribution in [0.3, 0.4) is 0 Å². The Morgan fingerprint density at radius 1 is 1.42 bits per heavy atom. The molecule has 0 amide bonds. The van der Waals surface area contributed by atoms with Gasteiger partial charge in [-0.3, -0.25) is 0 Å². The van der Waals surface area contributed by atoms with Gasteiger partial charge in [0.05, 0.1) is 0 Å². The van der Waals surface area contributed by atoms with E-state index in [1.807, 2.05) is 6.07 Å². The van der Waals surface area contributed by atoms with Gasteiger partial charge in [-0.1, -0.05) is 17.3 Å². The summed E-state index contributed by atoms with van der Waals surface area (Å²) in [6.45, 7) is 2.12. The van der Waals surface area contributed by atoms with E-state index in [9.17, 15) is 5.11 Å². The number of hydrogen-bond donors (Lipinski definition) is 2. The molecule has 1 atom stereocenters. The normalized spacial score (nSPS) is 19.5. The van der Waals surface area contributed by atoms with E-state index < -0.39 is 0 Å². The Balaban J connectivity index is 1.72. The van der Waals surface area contributed by atoms with E-state index in [1.54, 1.807) is 18.2 Å². The lowest BCUT2D eigenvalue weighted by Gasteiger charge is -2.20. The molecule has 0 saturated carbocycles. The van der Waals surface area contributed by atoms with Gasteiger partial charge in [-0.2, -0.15) is 4.98 Å². The molecule has 1 fully saturated rings. The van der Waals surface area contributed by atoms with Crippen molar-refractivity contribution >= 4 is 0 Å². The van der Waals surface area contributed by atoms with Crippen LogP contribution in [0.15, 0.2) is 28.8 Å². The largest absolute Gasteiger partial charge is 0.508 e. The van der Waals surface area contributed by atoms with Gasteiger partial charge in [-0.05, 0) is 44.0 Å². The zero-order valence-electron chi connectivity index (χ0n) is 10.7. The van der Waals surface area contributed by atoms with Crippen molar-refractivity contribution in [1.29, 1.82) is 0 Å². The monoisotopic (exact) mass is 259 g/mol. The topological polar surface area (TPSA) is 71.2 Å². The number of piperidine rings is 1. The fourth-order valence-corrected chi connectivity index (χ4v) is 2.45. The molecular formula is C14H17N3O2. The molecule has 19 heavy (non-hydrogen) atoms. The lowest BCUT2D eigenvalue weighted by Crippen LogP contribution is -2.30. The van der Waals surface area contributed by atoms with Crippen molar-refractivity contribution in [2.75, 3.05) is 13.1 Å². The lowest BCUT2D eigenvalue weighted by molar-refractivity contribution is 0.316. The van der Waals surface area contributed by atoms with Gasteiger partial charge in [0.1, 0.15) is 5.75 Å². The van der Waals surface area contributed by atoms with Crippen LogP contribution < -0.4 is 5.32 Å². The summed E-state index contributed by atoms with van der Waals surface area (Å²) in [6, 6.07) is 6.89. The fourth-order valence-electron chi connectivity index (χ4n) is 2.45. The Kier molecular flexibility index (Phi) is 3.46. The summed E-state index contributed by atoms with van der Waals surface area (Å²) in [5.41, 5.74) is 0.775. The minimum absolute atomic E-state index is 0.209. The van der Waals surface area contributed by atoms with E-state index in [-0.39, 0.29) is 5.75 Å². The van der Waals surface area contributed by atoms with Crippen LogP contribution in [0.5, 0.6) is 5.75 Å². The van der Waals surface area contributed by atoms with Crippen molar-refractivity contribution in [3.05, 3.63) is 30.2 Å². The minimum Gasteiger partial charge on any atom is -0.508 e. The van der Waals surface area contributed by atoms with Gasteiger partial charge in [0.15, 0.2) is 0 Å². The van der Waals surface area contributed by atoms with Crippen LogP contribution in [0.2, 0.25) is 0 Å². The number of nitrogens with zero attached hydrogens (tertiary/aromatic N) is 2. The number of aromatic hydroxyl groups is 1. The van der Waals surface area contributed by atoms with Crippen LogP contribution in [0.1, 0.15) is 18.7 Å². The van der Waals surface area contributed by atoms with Crippen LogP contribution in [0, 0.1) is 5.92 Å². The summed E-state index contributed by atoms with van der Waals surface area (Å²) < 4.78 is 5.29. The fraction of sp³-hybridized carbons (Fsp3) is 0.429. The lowest BCUT2D eigenvalue weighted by atomic mass is 9.96. The number of aromatic nitrogens is 2. The molecule has 0 spiro atoms. The standard InChI is InChI=1S/C14H17N3O2/c18-12-5-1-4-11(8-12)14-16-13(19-17-14)7-10-3-2-6-15-9-10/h1,4-5,8,10,15,18H,2-3,6-7,9H2.